The van der Waals surface area contributed by atoms with Crippen LogP contribution >= 0.6 is 15.9 Å². The number of halogens is 1. The predicted octanol–water partition coefficient (Wildman–Crippen LogP) is 2.02. The second kappa shape index (κ2) is 5.09. The van der Waals surface area contributed by atoms with Crippen LogP contribution in [-0.4, -0.2) is 52.7 Å². The monoisotopic (exact) mass is 323 g/mol. The lowest BCUT2D eigenvalue weighted by atomic mass is 10.0. The minimum Gasteiger partial charge on any atom is -0.355 e. The average Bonchev–Trinajstić information content (AvgIpc) is 2.81. The molecular weight excluding hydrogens is 306 g/mol. The largest absolute Gasteiger partial charge is 0.355 e. The van der Waals surface area contributed by atoms with Crippen LogP contribution in [0, 0.1) is 0 Å². The summed E-state index contributed by atoms with van der Waals surface area (Å²) >= 11 is 3.50. The second-order valence-corrected chi connectivity index (χ2v) is 6.03. The summed E-state index contributed by atoms with van der Waals surface area (Å²) in [5.74, 6) is 1.04. The van der Waals surface area contributed by atoms with Gasteiger partial charge in [0.2, 0.25) is 0 Å². The first-order valence-electron chi connectivity index (χ1n) is 6.56. The van der Waals surface area contributed by atoms with E-state index in [0.29, 0.717) is 6.04 Å². The first kappa shape index (κ1) is 12.9. The van der Waals surface area contributed by atoms with Gasteiger partial charge in [-0.2, -0.15) is 5.10 Å². The quantitative estimate of drug-likeness (QED) is 0.847. The highest BCUT2D eigenvalue weighted by Gasteiger charge is 2.23. The van der Waals surface area contributed by atoms with Crippen molar-refractivity contribution in [3.63, 3.8) is 0 Å². The van der Waals surface area contributed by atoms with Gasteiger partial charge in [-0.3, -0.25) is 0 Å². The van der Waals surface area contributed by atoms with Crippen molar-refractivity contribution in [2.24, 2.45) is 0 Å². The van der Waals surface area contributed by atoms with E-state index < -0.39 is 0 Å². The van der Waals surface area contributed by atoms with Crippen molar-refractivity contribution >= 4 is 27.3 Å². The summed E-state index contributed by atoms with van der Waals surface area (Å²) in [7, 11) is 4.32. The lowest BCUT2D eigenvalue weighted by Gasteiger charge is -2.35. The van der Waals surface area contributed by atoms with Crippen molar-refractivity contribution in [1.29, 1.82) is 0 Å². The number of piperidine rings is 1. The van der Waals surface area contributed by atoms with Gasteiger partial charge in [-0.15, -0.1) is 0 Å². The van der Waals surface area contributed by atoms with Gasteiger partial charge in [0.25, 0.3) is 0 Å². The van der Waals surface area contributed by atoms with E-state index >= 15 is 0 Å². The van der Waals surface area contributed by atoms with Gasteiger partial charge in [0.1, 0.15) is 16.4 Å². The molecule has 0 radical (unpaired) electrons. The molecule has 1 saturated heterocycles. The van der Waals surface area contributed by atoms with Crippen LogP contribution in [0.2, 0.25) is 0 Å². The average molecular weight is 324 g/mol. The van der Waals surface area contributed by atoms with E-state index in [-0.39, 0.29) is 0 Å². The molecule has 6 heteroatoms. The van der Waals surface area contributed by atoms with Crippen molar-refractivity contribution in [3.8, 4) is 0 Å². The first-order valence-corrected chi connectivity index (χ1v) is 7.36. The Morgan fingerprint density at radius 2 is 2.00 bits per heavy atom. The van der Waals surface area contributed by atoms with Gasteiger partial charge in [0.05, 0.1) is 0 Å². The normalized spacial score (nSPS) is 17.6. The van der Waals surface area contributed by atoms with Crippen LogP contribution in [0.1, 0.15) is 12.8 Å². The molecule has 5 nitrogen and oxygen atoms in total. The number of nitrogens with zero attached hydrogens (tertiary/aromatic N) is 5. The summed E-state index contributed by atoms with van der Waals surface area (Å²) in [5, 5.41) is 4.26. The minimum atomic E-state index is 0.688. The fourth-order valence-electron chi connectivity index (χ4n) is 2.73. The van der Waals surface area contributed by atoms with E-state index in [2.05, 4.69) is 56.0 Å². The van der Waals surface area contributed by atoms with Gasteiger partial charge in [0.15, 0.2) is 5.82 Å². The maximum absolute atomic E-state index is 4.47. The van der Waals surface area contributed by atoms with Crippen LogP contribution in [0.5, 0.6) is 0 Å². The molecule has 0 N–H and O–H groups in total. The maximum Gasteiger partial charge on any atom is 0.156 e. The molecule has 0 unspecified atom stereocenters. The fraction of sp³-hybridized carbons (Fsp3) is 0.538. The summed E-state index contributed by atoms with van der Waals surface area (Å²) in [5.41, 5.74) is 1.07. The first-order chi connectivity index (χ1) is 9.16. The Morgan fingerprint density at radius 3 is 2.68 bits per heavy atom. The fourth-order valence-corrected chi connectivity index (χ4v) is 3.14. The van der Waals surface area contributed by atoms with Gasteiger partial charge in [0, 0.05) is 19.1 Å². The molecule has 1 aliphatic heterocycles. The highest BCUT2D eigenvalue weighted by atomic mass is 79.9. The maximum atomic E-state index is 4.47. The van der Waals surface area contributed by atoms with Crippen LogP contribution in [0.25, 0.3) is 5.52 Å². The third kappa shape index (κ3) is 2.34. The highest BCUT2D eigenvalue weighted by Crippen LogP contribution is 2.25. The summed E-state index contributed by atoms with van der Waals surface area (Å²) < 4.78 is 2.86. The summed E-state index contributed by atoms with van der Waals surface area (Å²) in [6, 6.07) is 4.77. The molecule has 0 spiro atoms. The Hall–Kier alpha value is -1.14. The topological polar surface area (TPSA) is 36.7 Å². The molecule has 0 atom stereocenters. The van der Waals surface area contributed by atoms with Gasteiger partial charge >= 0.3 is 0 Å². The lowest BCUT2D eigenvalue weighted by Crippen LogP contribution is -2.42. The molecule has 1 fully saturated rings. The van der Waals surface area contributed by atoms with E-state index in [0.717, 1.165) is 29.0 Å². The van der Waals surface area contributed by atoms with E-state index in [9.17, 15) is 0 Å². The Balaban J connectivity index is 1.86. The molecule has 0 amide bonds. The van der Waals surface area contributed by atoms with Gasteiger partial charge < -0.3 is 9.80 Å². The highest BCUT2D eigenvalue weighted by molar-refractivity contribution is 9.10. The molecule has 0 bridgehead atoms. The molecule has 3 heterocycles. The molecule has 19 heavy (non-hydrogen) atoms. The van der Waals surface area contributed by atoms with Crippen LogP contribution < -0.4 is 4.90 Å². The number of hydrogen-bond acceptors (Lipinski definition) is 4. The van der Waals surface area contributed by atoms with Crippen molar-refractivity contribution in [3.05, 3.63) is 23.1 Å². The van der Waals surface area contributed by atoms with Gasteiger partial charge in [-0.05, 0) is 55.0 Å². The lowest BCUT2D eigenvalue weighted by molar-refractivity contribution is 0.249. The summed E-state index contributed by atoms with van der Waals surface area (Å²) in [4.78, 5) is 9.16. The number of anilines is 1. The van der Waals surface area contributed by atoms with Gasteiger partial charge in [-0.25, -0.2) is 9.50 Å². The Kier molecular flexibility index (Phi) is 3.45. The summed E-state index contributed by atoms with van der Waals surface area (Å²) in [6.45, 7) is 2.11. The molecule has 1 aliphatic rings. The smallest absolute Gasteiger partial charge is 0.156 e. The molecule has 2 aromatic heterocycles. The molecule has 102 valence electrons. The summed E-state index contributed by atoms with van der Waals surface area (Å²) in [6.07, 6.45) is 4.00. The predicted molar refractivity (Wildman–Crippen MR) is 79.6 cm³/mol. The number of rotatable bonds is 2. The SMILES string of the molecule is CN(C)C1CCN(c2ncnn3c(Br)ccc23)CC1. The van der Waals surface area contributed by atoms with E-state index in [4.69, 9.17) is 0 Å². The molecular formula is C13H18BrN5. The molecule has 2 aromatic rings. The van der Waals surface area contributed by atoms with Gasteiger partial charge in [-0.1, -0.05) is 0 Å². The number of fused-ring (bicyclic) bond motifs is 1. The van der Waals surface area contributed by atoms with E-state index in [1.807, 2.05) is 10.6 Å². The van der Waals surface area contributed by atoms with Crippen molar-refractivity contribution in [2.45, 2.75) is 18.9 Å². The molecule has 0 aliphatic carbocycles. The zero-order valence-electron chi connectivity index (χ0n) is 11.3. The van der Waals surface area contributed by atoms with Crippen molar-refractivity contribution in [2.75, 3.05) is 32.1 Å². The number of hydrogen-bond donors (Lipinski definition) is 0. The minimum absolute atomic E-state index is 0.688. The van der Waals surface area contributed by atoms with Crippen LogP contribution in [0.3, 0.4) is 0 Å². The van der Waals surface area contributed by atoms with Crippen LogP contribution in [0.15, 0.2) is 23.1 Å². The third-order valence-electron chi connectivity index (χ3n) is 3.88. The van der Waals surface area contributed by atoms with Crippen molar-refractivity contribution < 1.29 is 0 Å². The number of aromatic nitrogens is 3. The molecule has 0 aromatic carbocycles. The third-order valence-corrected chi connectivity index (χ3v) is 4.48. The van der Waals surface area contributed by atoms with Crippen LogP contribution in [0.4, 0.5) is 5.82 Å². The molecule has 0 saturated carbocycles. The second-order valence-electron chi connectivity index (χ2n) is 5.22. The Labute approximate surface area is 121 Å². The zero-order valence-corrected chi connectivity index (χ0v) is 12.8. The molecule has 3 rings (SSSR count). The van der Waals surface area contributed by atoms with Crippen molar-refractivity contribution in [1.82, 2.24) is 19.5 Å². The Morgan fingerprint density at radius 1 is 1.26 bits per heavy atom. The zero-order chi connectivity index (χ0) is 13.4. The van der Waals surface area contributed by atoms with E-state index in [1.165, 1.54) is 12.8 Å². The van der Waals surface area contributed by atoms with Crippen LogP contribution in [-0.2, 0) is 0 Å². The van der Waals surface area contributed by atoms with E-state index in [1.54, 1.807) is 6.33 Å². The Bertz CT molecular complexity index is 571. The standard InChI is InChI=1S/C13H18BrN5/c1-17(2)10-5-7-18(8-6-10)13-11-3-4-12(14)19(11)16-9-15-13/h3-4,9-10H,5-8H2,1-2H3.